The van der Waals surface area contributed by atoms with Crippen LogP contribution in [0.25, 0.3) is 0 Å². The number of hydrogen-bond donors (Lipinski definition) is 0. The molecule has 0 saturated carbocycles. The first-order valence-electron chi connectivity index (χ1n) is 5.60. The van der Waals surface area contributed by atoms with Crippen LogP contribution in [0.3, 0.4) is 0 Å². The van der Waals surface area contributed by atoms with Crippen LogP contribution in [-0.4, -0.2) is 29.1 Å². The van der Waals surface area contributed by atoms with Gasteiger partial charge in [-0.2, -0.15) is 4.98 Å². The van der Waals surface area contributed by atoms with Crippen LogP contribution >= 0.6 is 0 Å². The Bertz CT molecular complexity index is 258. The van der Waals surface area contributed by atoms with Crippen molar-refractivity contribution in [1.29, 1.82) is 0 Å². The molecule has 1 unspecified atom stereocenters. The SMILES string of the molecule is CC.CCC(C)c1nc(CN(C)C)no1. The van der Waals surface area contributed by atoms with Gasteiger partial charge in [0.25, 0.3) is 0 Å². The summed E-state index contributed by atoms with van der Waals surface area (Å²) < 4.78 is 5.13. The van der Waals surface area contributed by atoms with E-state index in [2.05, 4.69) is 24.0 Å². The Morgan fingerprint density at radius 2 is 1.93 bits per heavy atom. The van der Waals surface area contributed by atoms with Gasteiger partial charge in [0.2, 0.25) is 5.89 Å². The fourth-order valence-corrected chi connectivity index (χ4v) is 0.989. The molecule has 4 heteroatoms. The van der Waals surface area contributed by atoms with Crippen LogP contribution in [0, 0.1) is 0 Å². The highest BCUT2D eigenvalue weighted by Crippen LogP contribution is 2.15. The summed E-state index contributed by atoms with van der Waals surface area (Å²) in [4.78, 5) is 6.32. The third-order valence-electron chi connectivity index (χ3n) is 1.98. The number of hydrogen-bond acceptors (Lipinski definition) is 4. The lowest BCUT2D eigenvalue weighted by molar-refractivity contribution is 0.337. The molecule has 1 atom stereocenters. The maximum absolute atomic E-state index is 5.13. The molecule has 0 aliphatic carbocycles. The number of aromatic nitrogens is 2. The van der Waals surface area contributed by atoms with Crippen LogP contribution in [0.1, 0.15) is 51.7 Å². The molecule has 1 aromatic rings. The Kier molecular flexibility index (Phi) is 6.96. The van der Waals surface area contributed by atoms with Crippen LogP contribution in [0.4, 0.5) is 0 Å². The van der Waals surface area contributed by atoms with Crippen LogP contribution in [0.2, 0.25) is 0 Å². The molecule has 0 fully saturated rings. The molecular formula is C11H23N3O. The summed E-state index contributed by atoms with van der Waals surface area (Å²) in [5.41, 5.74) is 0. The van der Waals surface area contributed by atoms with Gasteiger partial charge in [-0.15, -0.1) is 0 Å². The standard InChI is InChI=1S/C9H17N3O.C2H6/c1-5-7(2)9-10-8(11-13-9)6-12(3)4;1-2/h7H,5-6H2,1-4H3;1-2H3. The minimum atomic E-state index is 0.364. The molecule has 0 aliphatic heterocycles. The molecular weight excluding hydrogens is 190 g/mol. The van der Waals surface area contributed by atoms with Gasteiger partial charge >= 0.3 is 0 Å². The molecule has 0 spiro atoms. The smallest absolute Gasteiger partial charge is 0.229 e. The van der Waals surface area contributed by atoms with Gasteiger partial charge in [0.1, 0.15) is 0 Å². The summed E-state index contributed by atoms with van der Waals surface area (Å²) in [6.07, 6.45) is 1.03. The van der Waals surface area contributed by atoms with E-state index in [0.29, 0.717) is 5.92 Å². The molecule has 1 rings (SSSR count). The molecule has 15 heavy (non-hydrogen) atoms. The molecule has 4 nitrogen and oxygen atoms in total. The second kappa shape index (κ2) is 7.40. The predicted octanol–water partition coefficient (Wildman–Crippen LogP) is 2.67. The molecule has 0 N–H and O–H groups in total. The Balaban J connectivity index is 0.000000921. The highest BCUT2D eigenvalue weighted by molar-refractivity contribution is 4.91. The fraction of sp³-hybridized carbons (Fsp3) is 0.818. The summed E-state index contributed by atoms with van der Waals surface area (Å²) in [6, 6.07) is 0. The van der Waals surface area contributed by atoms with Crippen molar-refractivity contribution in [1.82, 2.24) is 15.0 Å². The maximum Gasteiger partial charge on any atom is 0.229 e. The zero-order chi connectivity index (χ0) is 11.8. The van der Waals surface area contributed by atoms with E-state index in [1.165, 1.54) is 0 Å². The van der Waals surface area contributed by atoms with Crippen LogP contribution in [0.5, 0.6) is 0 Å². The van der Waals surface area contributed by atoms with Gasteiger partial charge in [0.15, 0.2) is 5.82 Å². The van der Waals surface area contributed by atoms with Crippen molar-refractivity contribution in [3.63, 3.8) is 0 Å². The second-order valence-corrected chi connectivity index (χ2v) is 3.60. The monoisotopic (exact) mass is 213 g/mol. The van der Waals surface area contributed by atoms with E-state index in [1.54, 1.807) is 0 Å². The summed E-state index contributed by atoms with van der Waals surface area (Å²) >= 11 is 0. The summed E-state index contributed by atoms with van der Waals surface area (Å²) in [6.45, 7) is 8.94. The van der Waals surface area contributed by atoms with Gasteiger partial charge in [0, 0.05) is 5.92 Å². The zero-order valence-corrected chi connectivity index (χ0v) is 10.7. The largest absolute Gasteiger partial charge is 0.339 e. The summed E-state index contributed by atoms with van der Waals surface area (Å²) in [7, 11) is 3.97. The lowest BCUT2D eigenvalue weighted by Crippen LogP contribution is -2.11. The lowest BCUT2D eigenvalue weighted by Gasteiger charge is -2.03. The Morgan fingerprint density at radius 3 is 2.40 bits per heavy atom. The normalized spacial score (nSPS) is 12.2. The highest BCUT2D eigenvalue weighted by Gasteiger charge is 2.12. The van der Waals surface area contributed by atoms with E-state index < -0.39 is 0 Å². The van der Waals surface area contributed by atoms with Crippen molar-refractivity contribution in [2.45, 2.75) is 46.6 Å². The molecule has 88 valence electrons. The number of nitrogens with zero attached hydrogens (tertiary/aromatic N) is 3. The van der Waals surface area contributed by atoms with Crippen molar-refractivity contribution in [2.75, 3.05) is 14.1 Å². The molecule has 0 amide bonds. The second-order valence-electron chi connectivity index (χ2n) is 3.60. The van der Waals surface area contributed by atoms with Gasteiger partial charge in [0.05, 0.1) is 6.54 Å². The van der Waals surface area contributed by atoms with Crippen molar-refractivity contribution in [3.8, 4) is 0 Å². The van der Waals surface area contributed by atoms with E-state index >= 15 is 0 Å². The van der Waals surface area contributed by atoms with E-state index in [0.717, 1.165) is 24.7 Å². The molecule has 1 heterocycles. The quantitative estimate of drug-likeness (QED) is 0.771. The van der Waals surface area contributed by atoms with Crippen molar-refractivity contribution in [3.05, 3.63) is 11.7 Å². The first kappa shape index (κ1) is 14.1. The minimum absolute atomic E-state index is 0.364. The van der Waals surface area contributed by atoms with Gasteiger partial charge in [-0.05, 0) is 20.5 Å². The lowest BCUT2D eigenvalue weighted by atomic mass is 10.1. The molecule has 0 aromatic carbocycles. The molecule has 0 radical (unpaired) electrons. The molecule has 0 aliphatic rings. The average Bonchev–Trinajstić information content (AvgIpc) is 2.67. The minimum Gasteiger partial charge on any atom is -0.339 e. The summed E-state index contributed by atoms with van der Waals surface area (Å²) in [5, 5.41) is 3.90. The predicted molar refractivity (Wildman–Crippen MR) is 61.7 cm³/mol. The average molecular weight is 213 g/mol. The zero-order valence-electron chi connectivity index (χ0n) is 10.7. The third kappa shape index (κ3) is 4.93. The Labute approximate surface area is 92.7 Å². The van der Waals surface area contributed by atoms with Crippen LogP contribution in [-0.2, 0) is 6.54 Å². The number of rotatable bonds is 4. The topological polar surface area (TPSA) is 42.2 Å². The molecule has 1 aromatic heterocycles. The van der Waals surface area contributed by atoms with Gasteiger partial charge in [-0.25, -0.2) is 0 Å². The van der Waals surface area contributed by atoms with E-state index in [-0.39, 0.29) is 0 Å². The van der Waals surface area contributed by atoms with Crippen LogP contribution < -0.4 is 0 Å². The Hall–Kier alpha value is -0.900. The third-order valence-corrected chi connectivity index (χ3v) is 1.98. The van der Waals surface area contributed by atoms with Gasteiger partial charge < -0.3 is 9.42 Å². The van der Waals surface area contributed by atoms with Gasteiger partial charge in [-0.3, -0.25) is 0 Å². The van der Waals surface area contributed by atoms with Crippen LogP contribution in [0.15, 0.2) is 4.52 Å². The van der Waals surface area contributed by atoms with Crippen molar-refractivity contribution >= 4 is 0 Å². The van der Waals surface area contributed by atoms with Crippen molar-refractivity contribution in [2.24, 2.45) is 0 Å². The van der Waals surface area contributed by atoms with Gasteiger partial charge in [-0.1, -0.05) is 32.9 Å². The fourth-order valence-electron chi connectivity index (χ4n) is 0.989. The maximum atomic E-state index is 5.13. The van der Waals surface area contributed by atoms with E-state index in [9.17, 15) is 0 Å². The van der Waals surface area contributed by atoms with E-state index in [4.69, 9.17) is 4.52 Å². The first-order valence-corrected chi connectivity index (χ1v) is 5.60. The highest BCUT2D eigenvalue weighted by atomic mass is 16.5. The van der Waals surface area contributed by atoms with E-state index in [1.807, 2.05) is 32.8 Å². The molecule has 0 bridgehead atoms. The Morgan fingerprint density at radius 1 is 1.33 bits per heavy atom. The molecule has 0 saturated heterocycles. The van der Waals surface area contributed by atoms with Crippen molar-refractivity contribution < 1.29 is 4.52 Å². The first-order chi connectivity index (χ1) is 7.13. The summed E-state index contributed by atoms with van der Waals surface area (Å²) in [5.74, 6) is 1.88.